The molecule has 0 bridgehead atoms. The summed E-state index contributed by atoms with van der Waals surface area (Å²) in [6.45, 7) is 7.15. The summed E-state index contributed by atoms with van der Waals surface area (Å²) in [4.78, 5) is 27.9. The summed E-state index contributed by atoms with van der Waals surface area (Å²) < 4.78 is 71.4. The van der Waals surface area contributed by atoms with E-state index in [-0.39, 0.29) is 0 Å². The van der Waals surface area contributed by atoms with Crippen LogP contribution in [-0.2, 0) is 34.0 Å². The van der Waals surface area contributed by atoms with Crippen LogP contribution in [0.2, 0.25) is 0 Å². The molecule has 0 spiro atoms. The smallest absolute Gasteiger partial charge is 0.475 e. The molecular formula is C22H27F6N3O5S. The average molecular weight is 560 g/mol. The third-order valence-corrected chi connectivity index (χ3v) is 6.36. The molecule has 1 fully saturated rings. The summed E-state index contributed by atoms with van der Waals surface area (Å²) in [5, 5.41) is 14.2. The molecule has 0 radical (unpaired) electrons. The van der Waals surface area contributed by atoms with Gasteiger partial charge in [0.05, 0.1) is 18.6 Å². The lowest BCUT2D eigenvalue weighted by Gasteiger charge is -2.32. The highest BCUT2D eigenvalue weighted by molar-refractivity contribution is 7.11. The first-order valence-corrected chi connectivity index (χ1v) is 11.8. The zero-order valence-corrected chi connectivity index (χ0v) is 20.8. The summed E-state index contributed by atoms with van der Waals surface area (Å²) in [5.41, 5.74) is 2.68. The lowest BCUT2D eigenvalue weighted by molar-refractivity contribution is -0.193. The largest absolute Gasteiger partial charge is 0.490 e. The topological polar surface area (TPSA) is 105 Å². The van der Waals surface area contributed by atoms with Gasteiger partial charge in [0, 0.05) is 54.7 Å². The van der Waals surface area contributed by atoms with Crippen molar-refractivity contribution in [2.24, 2.45) is 5.92 Å². The Hall–Kier alpha value is -2.65. The Morgan fingerprint density at radius 2 is 1.68 bits per heavy atom. The average Bonchev–Trinajstić information content (AvgIpc) is 3.36. The van der Waals surface area contributed by atoms with Crippen LogP contribution in [0, 0.1) is 12.8 Å². The number of aryl methyl sites for hydroxylation is 1. The second kappa shape index (κ2) is 12.7. The molecule has 1 aliphatic heterocycles. The minimum absolute atomic E-state index is 0.436. The Kier molecular flexibility index (Phi) is 10.5. The number of aliphatic carboxylic acids is 2. The van der Waals surface area contributed by atoms with Crippen molar-refractivity contribution in [3.8, 4) is 0 Å². The van der Waals surface area contributed by atoms with Gasteiger partial charge in [-0.3, -0.25) is 4.90 Å². The quantitative estimate of drug-likeness (QED) is 0.496. The number of imidazole rings is 1. The molecule has 2 aliphatic rings. The molecule has 1 unspecified atom stereocenters. The number of hydrogen-bond donors (Lipinski definition) is 2. The number of aromatic nitrogens is 2. The maximum atomic E-state index is 10.6. The van der Waals surface area contributed by atoms with Gasteiger partial charge in [0.25, 0.3) is 0 Å². The molecule has 1 saturated carbocycles. The van der Waals surface area contributed by atoms with Crippen LogP contribution in [0.3, 0.4) is 0 Å². The van der Waals surface area contributed by atoms with Gasteiger partial charge >= 0.3 is 24.3 Å². The maximum Gasteiger partial charge on any atom is 0.490 e. The van der Waals surface area contributed by atoms with Crippen LogP contribution >= 0.6 is 11.3 Å². The van der Waals surface area contributed by atoms with E-state index < -0.39 is 24.3 Å². The van der Waals surface area contributed by atoms with E-state index in [1.54, 1.807) is 0 Å². The normalized spacial score (nSPS) is 17.7. The van der Waals surface area contributed by atoms with Crippen LogP contribution in [0.5, 0.6) is 0 Å². The highest BCUT2D eigenvalue weighted by atomic mass is 32.1. The number of fused-ring (bicyclic) bond motifs is 1. The Bertz CT molecular complexity index is 1020. The Balaban J connectivity index is 0.000000286. The van der Waals surface area contributed by atoms with Gasteiger partial charge in [-0.05, 0) is 37.8 Å². The van der Waals surface area contributed by atoms with E-state index in [1.807, 2.05) is 18.4 Å². The number of carboxylic acid groups (broad SMARTS) is 2. The van der Waals surface area contributed by atoms with Gasteiger partial charge in [0.1, 0.15) is 0 Å². The van der Waals surface area contributed by atoms with Crippen molar-refractivity contribution in [1.29, 1.82) is 0 Å². The molecule has 0 amide bonds. The van der Waals surface area contributed by atoms with E-state index >= 15 is 0 Å². The molecule has 1 atom stereocenters. The summed E-state index contributed by atoms with van der Waals surface area (Å²) in [6.07, 6.45) is -5.35. The van der Waals surface area contributed by atoms with Crippen molar-refractivity contribution in [3.63, 3.8) is 0 Å². The van der Waals surface area contributed by atoms with E-state index in [1.165, 1.54) is 34.0 Å². The van der Waals surface area contributed by atoms with Gasteiger partial charge in [-0.2, -0.15) is 26.3 Å². The zero-order chi connectivity index (χ0) is 28.0. The number of carboxylic acids is 2. The summed E-state index contributed by atoms with van der Waals surface area (Å²) >= 11 is 1.90. The SMILES string of the molecule is COCC1CN(Cc2ccc(C)s2)Cc2ncn(CC3CC3)c21.O=C(O)C(F)(F)F.O=C(O)C(F)(F)F. The van der Waals surface area contributed by atoms with E-state index in [0.29, 0.717) is 5.92 Å². The molecule has 0 aromatic carbocycles. The molecule has 2 aromatic rings. The predicted molar refractivity (Wildman–Crippen MR) is 120 cm³/mol. The molecule has 15 heteroatoms. The van der Waals surface area contributed by atoms with E-state index in [0.717, 1.165) is 38.7 Å². The molecule has 2 N–H and O–H groups in total. The number of rotatable bonds is 6. The minimum Gasteiger partial charge on any atom is -0.475 e. The predicted octanol–water partition coefficient (Wildman–Crippen LogP) is 4.68. The third kappa shape index (κ3) is 9.97. The van der Waals surface area contributed by atoms with Crippen molar-refractivity contribution in [3.05, 3.63) is 39.6 Å². The fraction of sp³-hybridized carbons (Fsp3) is 0.591. The number of nitrogens with zero attached hydrogens (tertiary/aromatic N) is 3. The van der Waals surface area contributed by atoms with Crippen molar-refractivity contribution in [2.45, 2.75) is 57.7 Å². The number of methoxy groups -OCH3 is 1. The van der Waals surface area contributed by atoms with Crippen molar-refractivity contribution < 1.29 is 50.9 Å². The fourth-order valence-electron chi connectivity index (χ4n) is 3.67. The molecular weight excluding hydrogens is 532 g/mol. The molecule has 3 heterocycles. The lowest BCUT2D eigenvalue weighted by atomic mass is 9.98. The Morgan fingerprint density at radius 1 is 1.11 bits per heavy atom. The molecule has 208 valence electrons. The van der Waals surface area contributed by atoms with Crippen LogP contribution in [0.4, 0.5) is 26.3 Å². The summed E-state index contributed by atoms with van der Waals surface area (Å²) in [5.74, 6) is -4.20. The van der Waals surface area contributed by atoms with Gasteiger partial charge in [0.15, 0.2) is 0 Å². The number of thiophene rings is 1. The van der Waals surface area contributed by atoms with Crippen LogP contribution in [-0.4, -0.2) is 69.2 Å². The molecule has 1 aliphatic carbocycles. The van der Waals surface area contributed by atoms with Gasteiger partial charge < -0.3 is 19.5 Å². The van der Waals surface area contributed by atoms with Gasteiger partial charge in [-0.25, -0.2) is 14.6 Å². The van der Waals surface area contributed by atoms with E-state index in [4.69, 9.17) is 29.5 Å². The van der Waals surface area contributed by atoms with Crippen molar-refractivity contribution in [1.82, 2.24) is 14.5 Å². The lowest BCUT2D eigenvalue weighted by Crippen LogP contribution is -2.36. The van der Waals surface area contributed by atoms with Crippen LogP contribution in [0.1, 0.15) is 39.9 Å². The maximum absolute atomic E-state index is 10.6. The molecule has 0 saturated heterocycles. The van der Waals surface area contributed by atoms with Crippen molar-refractivity contribution >= 4 is 23.3 Å². The number of carbonyl (C=O) groups is 2. The van der Waals surface area contributed by atoms with E-state index in [9.17, 15) is 26.3 Å². The highest BCUT2D eigenvalue weighted by Gasteiger charge is 2.39. The number of alkyl halides is 6. The second-order valence-electron chi connectivity index (χ2n) is 8.61. The second-order valence-corrected chi connectivity index (χ2v) is 9.98. The molecule has 4 rings (SSSR count). The zero-order valence-electron chi connectivity index (χ0n) is 20.0. The standard InChI is InChI=1S/C18H25N3OS.2C2HF3O2/c1-13-3-6-16(23-13)9-20-8-15(11-22-2)18-17(10-20)19-12-21(18)7-14-4-5-14;2*3-2(4,5)1(6)7/h3,6,12,14-15H,4-5,7-11H2,1-2H3;2*(H,6,7). The number of ether oxygens (including phenoxy) is 1. The van der Waals surface area contributed by atoms with E-state index in [2.05, 4.69) is 34.9 Å². The van der Waals surface area contributed by atoms with Crippen LogP contribution in [0.25, 0.3) is 0 Å². The number of halogens is 6. The first-order valence-electron chi connectivity index (χ1n) is 11.0. The van der Waals surface area contributed by atoms with Gasteiger partial charge in [0.2, 0.25) is 0 Å². The van der Waals surface area contributed by atoms with Crippen LogP contribution in [0.15, 0.2) is 18.5 Å². The molecule has 2 aromatic heterocycles. The third-order valence-electron chi connectivity index (χ3n) is 5.38. The monoisotopic (exact) mass is 559 g/mol. The molecule has 37 heavy (non-hydrogen) atoms. The summed E-state index contributed by atoms with van der Waals surface area (Å²) in [7, 11) is 1.81. The summed E-state index contributed by atoms with van der Waals surface area (Å²) in [6, 6.07) is 4.47. The highest BCUT2D eigenvalue weighted by Crippen LogP contribution is 2.35. The Morgan fingerprint density at radius 3 is 2.11 bits per heavy atom. The van der Waals surface area contributed by atoms with Crippen LogP contribution < -0.4 is 0 Å². The minimum atomic E-state index is -5.08. The van der Waals surface area contributed by atoms with Gasteiger partial charge in [-0.15, -0.1) is 11.3 Å². The van der Waals surface area contributed by atoms with Crippen molar-refractivity contribution in [2.75, 3.05) is 20.3 Å². The first kappa shape index (κ1) is 30.6. The molecule has 8 nitrogen and oxygen atoms in total. The first-order chi connectivity index (χ1) is 17.1. The number of hydrogen-bond acceptors (Lipinski definition) is 6. The van der Waals surface area contributed by atoms with Gasteiger partial charge in [-0.1, -0.05) is 0 Å². The Labute approximate surface area is 212 Å². The fourth-order valence-corrected chi connectivity index (χ4v) is 4.60.